The van der Waals surface area contributed by atoms with Gasteiger partial charge in [-0.25, -0.2) is 15.0 Å². The van der Waals surface area contributed by atoms with Gasteiger partial charge < -0.3 is 44.7 Å². The summed E-state index contributed by atoms with van der Waals surface area (Å²) in [6, 6.07) is 40.1. The number of aromatic nitrogens is 12. The number of nitrogens with one attached hydrogen (secondary N) is 1. The third-order valence-corrected chi connectivity index (χ3v) is 19.8. The number of benzene rings is 4. The molecule has 1 unspecified atom stereocenters. The Labute approximate surface area is 523 Å². The topological polar surface area (TPSA) is 239 Å². The van der Waals surface area contributed by atoms with Crippen LogP contribution in [0.5, 0.6) is 0 Å². The molecule has 8 heterocycles. The molecular formula is C70H79N15O5. The van der Waals surface area contributed by atoms with Crippen LogP contribution in [0.3, 0.4) is 0 Å². The van der Waals surface area contributed by atoms with Crippen molar-refractivity contribution in [3.8, 4) is 0 Å². The van der Waals surface area contributed by atoms with E-state index in [0.717, 1.165) is 60.1 Å². The number of aryl methyl sites for hydroxylation is 3. The summed E-state index contributed by atoms with van der Waals surface area (Å²) in [5.41, 5.74) is 10.1. The fourth-order valence-electron chi connectivity index (χ4n) is 14.7. The van der Waals surface area contributed by atoms with E-state index in [4.69, 9.17) is 29.9 Å². The maximum absolute atomic E-state index is 14.4. The predicted molar refractivity (Wildman–Crippen MR) is 344 cm³/mol. The zero-order valence-electron chi connectivity index (χ0n) is 51.0. The van der Waals surface area contributed by atoms with Gasteiger partial charge in [0.15, 0.2) is 22.6 Å². The quantitative estimate of drug-likeness (QED) is 0.0425. The lowest BCUT2D eigenvalue weighted by Crippen LogP contribution is -2.30. The molecule has 6 aromatic heterocycles. The molecule has 464 valence electrons. The maximum atomic E-state index is 14.4. The highest BCUT2D eigenvalue weighted by atomic mass is 16.3. The van der Waals surface area contributed by atoms with Crippen molar-refractivity contribution in [1.29, 1.82) is 0 Å². The van der Waals surface area contributed by atoms with Crippen LogP contribution < -0.4 is 15.1 Å². The van der Waals surface area contributed by atoms with Gasteiger partial charge >= 0.3 is 0 Å². The lowest BCUT2D eigenvalue weighted by atomic mass is 9.87. The molecule has 0 radical (unpaired) electrons. The van der Waals surface area contributed by atoms with E-state index in [1.165, 1.54) is 11.1 Å². The Kier molecular flexibility index (Phi) is 16.8. The van der Waals surface area contributed by atoms with Crippen LogP contribution in [0.1, 0.15) is 134 Å². The summed E-state index contributed by atoms with van der Waals surface area (Å²) >= 11 is 0. The Morgan fingerprint density at radius 3 is 1.44 bits per heavy atom. The Balaban J connectivity index is 0.697. The first-order valence-electron chi connectivity index (χ1n) is 32.3. The summed E-state index contributed by atoms with van der Waals surface area (Å²) in [4.78, 5) is 49.6. The first-order valence-corrected chi connectivity index (χ1v) is 32.3. The second-order valence-electron chi connectivity index (χ2n) is 25.4. The average molecular weight is 1210 g/mol. The van der Waals surface area contributed by atoms with Crippen molar-refractivity contribution >= 4 is 45.8 Å². The Hall–Kier alpha value is -8.69. The highest BCUT2D eigenvalue weighted by molar-refractivity contribution is 5.85. The second kappa shape index (κ2) is 25.7. The smallest absolute Gasteiger partial charge is 0.229 e. The van der Waals surface area contributed by atoms with E-state index in [9.17, 15) is 25.2 Å². The molecule has 2 aliphatic heterocycles. The van der Waals surface area contributed by atoms with Crippen molar-refractivity contribution in [2.45, 2.75) is 138 Å². The number of nitrogens with zero attached hydrogens (tertiary/aromatic N) is 14. The molecule has 2 saturated heterocycles. The molecular weight excluding hydrogens is 1130 g/mol. The molecule has 4 aromatic carbocycles. The van der Waals surface area contributed by atoms with E-state index in [1.54, 1.807) is 22.0 Å². The van der Waals surface area contributed by atoms with Gasteiger partial charge in [0.05, 0.1) is 54.9 Å². The predicted octanol–water partition coefficient (Wildman–Crippen LogP) is 9.01. The van der Waals surface area contributed by atoms with Gasteiger partial charge in [0.1, 0.15) is 35.7 Å². The monoisotopic (exact) mass is 1210 g/mol. The number of hydrogen-bond donors (Lipinski definition) is 5. The van der Waals surface area contributed by atoms with Crippen molar-refractivity contribution in [3.05, 3.63) is 198 Å². The number of fused-ring (bicyclic) bond motifs is 2. The van der Waals surface area contributed by atoms with Crippen molar-refractivity contribution in [1.82, 2.24) is 58.6 Å². The zero-order chi connectivity index (χ0) is 61.4. The molecule has 20 nitrogen and oxygen atoms in total. The second-order valence-corrected chi connectivity index (χ2v) is 25.4. The van der Waals surface area contributed by atoms with Gasteiger partial charge in [-0.3, -0.25) is 14.2 Å². The number of hydrogen-bond acceptors (Lipinski definition) is 16. The van der Waals surface area contributed by atoms with Crippen molar-refractivity contribution in [2.75, 3.05) is 47.8 Å². The van der Waals surface area contributed by atoms with Gasteiger partial charge in [-0.2, -0.15) is 25.1 Å². The fourth-order valence-corrected chi connectivity index (χ4v) is 14.7. The number of aliphatic hydroxyl groups is 4. The Morgan fingerprint density at radius 2 is 0.978 bits per heavy atom. The van der Waals surface area contributed by atoms with Crippen LogP contribution in [0.25, 0.3) is 22.3 Å². The first kappa shape index (κ1) is 59.0. The van der Waals surface area contributed by atoms with Gasteiger partial charge in [-0.1, -0.05) is 135 Å². The van der Waals surface area contributed by atoms with E-state index in [-0.39, 0.29) is 29.5 Å². The van der Waals surface area contributed by atoms with Crippen LogP contribution in [-0.2, 0) is 24.1 Å². The number of carbonyl (C=O) groups excluding carboxylic acids is 1. The molecule has 0 bridgehead atoms. The molecule has 10 atom stereocenters. The highest BCUT2D eigenvalue weighted by Crippen LogP contribution is 2.43. The molecule has 20 heteroatoms. The van der Waals surface area contributed by atoms with Gasteiger partial charge in [0, 0.05) is 69.8 Å². The number of ketones is 1. The summed E-state index contributed by atoms with van der Waals surface area (Å²) in [5, 5.41) is 59.4. The Morgan fingerprint density at radius 1 is 0.544 bits per heavy atom. The zero-order valence-corrected chi connectivity index (χ0v) is 51.0. The minimum absolute atomic E-state index is 0.00221. The Bertz CT molecular complexity index is 3730. The van der Waals surface area contributed by atoms with E-state index in [0.29, 0.717) is 105 Å². The molecule has 0 amide bonds. The summed E-state index contributed by atoms with van der Waals surface area (Å²) in [6.07, 6.45) is 13.0. The highest BCUT2D eigenvalue weighted by Gasteiger charge is 2.46. The third-order valence-electron chi connectivity index (χ3n) is 19.8. The number of carbonyl (C=O) groups is 1. The summed E-state index contributed by atoms with van der Waals surface area (Å²) in [5.74, 6) is 2.17. The van der Waals surface area contributed by atoms with Crippen molar-refractivity contribution in [3.63, 3.8) is 0 Å². The van der Waals surface area contributed by atoms with Crippen LogP contribution in [0.15, 0.2) is 159 Å². The number of rotatable bonds is 22. The first-order chi connectivity index (χ1) is 44.0. The van der Waals surface area contributed by atoms with Gasteiger partial charge in [0.2, 0.25) is 11.9 Å². The molecule has 90 heavy (non-hydrogen) atoms. The van der Waals surface area contributed by atoms with Crippen LogP contribution >= 0.6 is 0 Å². The molecule has 4 fully saturated rings. The third kappa shape index (κ3) is 11.8. The summed E-state index contributed by atoms with van der Waals surface area (Å²) in [6.45, 7) is 7.21. The SMILES string of the molecule is CCc1cnn([C@H]2C[C@@H](n3cnc4c(CCC(c5ccccc5)c5ccccc5)nc(N5CC[C@@H](CC(=O)CC6CCN(c7nc(NCC(c8ccccc8)c8ccccc8)c8ncn([C@@H]9C[C@H](n%10cc(CC)cn%10)[C@@H](O)[C@H]9O)c8n7)C6)C5)nc43)[C@H](O)[C@@H]2O)c1. The maximum Gasteiger partial charge on any atom is 0.229 e. The molecule has 4 aliphatic rings. The minimum Gasteiger partial charge on any atom is -0.388 e. The average Bonchev–Trinajstić information content (AvgIpc) is 1.68. The van der Waals surface area contributed by atoms with Crippen LogP contribution in [-0.4, -0.2) is 142 Å². The van der Waals surface area contributed by atoms with Crippen molar-refractivity contribution in [2.24, 2.45) is 11.8 Å². The van der Waals surface area contributed by atoms with Crippen LogP contribution in [0.4, 0.5) is 17.7 Å². The molecule has 2 aliphatic carbocycles. The van der Waals surface area contributed by atoms with Crippen LogP contribution in [0.2, 0.25) is 0 Å². The normalized spacial score (nSPS) is 23.6. The number of imidazole rings is 2. The van der Waals surface area contributed by atoms with Crippen molar-refractivity contribution < 1.29 is 25.2 Å². The molecule has 14 rings (SSSR count). The lowest BCUT2D eigenvalue weighted by Gasteiger charge is -2.22. The minimum atomic E-state index is -1.10. The van der Waals surface area contributed by atoms with Crippen LogP contribution in [0, 0.1) is 11.8 Å². The van der Waals surface area contributed by atoms with E-state index in [1.807, 2.05) is 58.2 Å². The van der Waals surface area contributed by atoms with Gasteiger partial charge in [-0.05, 0) is 96.6 Å². The number of aliphatic hydroxyl groups excluding tert-OH is 4. The van der Waals surface area contributed by atoms with Gasteiger partial charge in [0.25, 0.3) is 0 Å². The number of Topliss-reactive ketones (excluding diaryl/α,β-unsaturated/α-hetero) is 1. The summed E-state index contributed by atoms with van der Waals surface area (Å²) in [7, 11) is 0. The largest absolute Gasteiger partial charge is 0.388 e. The fraction of sp³-hybridized carbons (Fsp3) is 0.414. The molecule has 10 aromatic rings. The van der Waals surface area contributed by atoms with E-state index >= 15 is 0 Å². The molecule has 5 N–H and O–H groups in total. The van der Waals surface area contributed by atoms with E-state index < -0.39 is 48.6 Å². The molecule has 0 spiro atoms. The lowest BCUT2D eigenvalue weighted by molar-refractivity contribution is -0.120. The number of anilines is 3. The summed E-state index contributed by atoms with van der Waals surface area (Å²) < 4.78 is 7.39. The van der Waals surface area contributed by atoms with E-state index in [2.05, 4.69) is 136 Å². The standard InChI is InChI=1S/C70H79N15O5/c1-3-44-35-74-84(40-44)58-33-56(62(87)64(58)89)82-42-72-60-55(26-25-53(48-17-9-5-10-18-48)49-19-11-6-12-20-49)76-69(78-67(60)82)80-29-27-46(38-80)31-52(86)32-47-28-30-81(39-47)70-77-66(71-37-54(50-21-13-7-14-22-50)51-23-15-8-16-24-51)61-68(79-70)83(43-73-61)57-34-59(65(90)63(57)88)85-41-45(4-2)36-75-85/h5-24,35-36,40-43,46-47,53-54,56-59,62-65,87-90H,3-4,25-34,37-39H2,1-2H3,(H,71,77,79)/t46-,47?,56+,57+,58-,59-,62-,63-,64+,65+/m0/s1. The molecule has 2 saturated carbocycles. The van der Waals surface area contributed by atoms with Gasteiger partial charge in [-0.15, -0.1) is 0 Å².